The van der Waals surface area contributed by atoms with Gasteiger partial charge >= 0.3 is 0 Å². The van der Waals surface area contributed by atoms with Gasteiger partial charge in [-0.05, 0) is 99.0 Å². The van der Waals surface area contributed by atoms with Gasteiger partial charge in [0.1, 0.15) is 5.58 Å². The number of nitrogens with zero attached hydrogens (tertiary/aromatic N) is 2. The van der Waals surface area contributed by atoms with Gasteiger partial charge in [0.15, 0.2) is 5.58 Å². The van der Waals surface area contributed by atoms with Crippen LogP contribution >= 0.6 is 11.3 Å². The summed E-state index contributed by atoms with van der Waals surface area (Å²) in [7, 11) is 0. The summed E-state index contributed by atoms with van der Waals surface area (Å²) in [6.45, 7) is 0. The number of hydrogen-bond donors (Lipinski definition) is 0. The van der Waals surface area contributed by atoms with Crippen molar-refractivity contribution in [2.75, 3.05) is 9.80 Å². The summed E-state index contributed by atoms with van der Waals surface area (Å²) in [4.78, 5) is 4.76. The zero-order chi connectivity index (χ0) is 38.2. The minimum Gasteiger partial charge on any atom is -0.454 e. The van der Waals surface area contributed by atoms with Gasteiger partial charge < -0.3 is 14.2 Å². The molecule has 0 aliphatic carbocycles. The summed E-state index contributed by atoms with van der Waals surface area (Å²) in [5.74, 6) is 0. The molecule has 0 spiro atoms. The molecule has 12 rings (SSSR count). The lowest BCUT2D eigenvalue weighted by Gasteiger charge is -2.27. The van der Waals surface area contributed by atoms with Crippen molar-refractivity contribution < 1.29 is 4.42 Å². The van der Waals surface area contributed by atoms with Crippen LogP contribution in [-0.4, -0.2) is 0 Å². The molecule has 4 heteroatoms. The Labute approximate surface area is 338 Å². The second-order valence-corrected chi connectivity index (χ2v) is 16.0. The highest BCUT2D eigenvalue weighted by molar-refractivity contribution is 7.26. The van der Waals surface area contributed by atoms with Gasteiger partial charge in [-0.1, -0.05) is 133 Å². The molecule has 0 saturated carbocycles. The number of anilines is 6. The van der Waals surface area contributed by atoms with Crippen molar-refractivity contribution in [2.45, 2.75) is 0 Å². The molecule has 12 aromatic rings. The van der Waals surface area contributed by atoms with Crippen LogP contribution < -0.4 is 9.80 Å². The first-order valence-corrected chi connectivity index (χ1v) is 20.5. The fourth-order valence-corrected chi connectivity index (χ4v) is 10.00. The van der Waals surface area contributed by atoms with Crippen LogP contribution in [0.25, 0.3) is 74.4 Å². The maximum Gasteiger partial charge on any atom is 0.154 e. The Kier molecular flexibility index (Phi) is 7.40. The quantitative estimate of drug-likeness (QED) is 0.168. The van der Waals surface area contributed by atoms with Crippen LogP contribution in [0.4, 0.5) is 34.1 Å². The minimum atomic E-state index is 0.879. The molecule has 0 aliphatic heterocycles. The van der Waals surface area contributed by atoms with Crippen LogP contribution in [0.3, 0.4) is 0 Å². The lowest BCUT2D eigenvalue weighted by molar-refractivity contribution is 0.673. The molecular weight excluding hydrogens is 725 g/mol. The third kappa shape index (κ3) is 5.27. The van der Waals surface area contributed by atoms with Crippen LogP contribution in [-0.2, 0) is 0 Å². The number of furan rings is 1. The molecule has 0 N–H and O–H groups in total. The summed E-state index contributed by atoms with van der Waals surface area (Å²) >= 11 is 1.80. The van der Waals surface area contributed by atoms with E-state index in [-0.39, 0.29) is 0 Å². The minimum absolute atomic E-state index is 0.879. The van der Waals surface area contributed by atoms with Crippen LogP contribution in [0.5, 0.6) is 0 Å². The van der Waals surface area contributed by atoms with Gasteiger partial charge in [-0.15, -0.1) is 11.3 Å². The monoisotopic (exact) mass is 758 g/mol. The first kappa shape index (κ1) is 32.8. The molecule has 0 fully saturated rings. The molecule has 272 valence electrons. The topological polar surface area (TPSA) is 19.6 Å². The molecular formula is C54H34N2OS. The van der Waals surface area contributed by atoms with Gasteiger partial charge in [-0.3, -0.25) is 0 Å². The maximum atomic E-state index is 6.87. The summed E-state index contributed by atoms with van der Waals surface area (Å²) in [6.07, 6.45) is 0. The van der Waals surface area contributed by atoms with Crippen molar-refractivity contribution in [3.8, 4) is 0 Å². The molecule has 58 heavy (non-hydrogen) atoms. The highest BCUT2D eigenvalue weighted by atomic mass is 32.1. The Morgan fingerprint density at radius 2 is 0.776 bits per heavy atom. The zero-order valence-electron chi connectivity index (χ0n) is 31.3. The van der Waals surface area contributed by atoms with Crippen molar-refractivity contribution in [1.82, 2.24) is 0 Å². The van der Waals surface area contributed by atoms with Crippen LogP contribution in [0, 0.1) is 0 Å². The molecule has 2 aromatic heterocycles. The van der Waals surface area contributed by atoms with Gasteiger partial charge in [0.2, 0.25) is 0 Å². The normalized spacial score (nSPS) is 11.8. The lowest BCUT2D eigenvalue weighted by Crippen LogP contribution is -2.10. The SMILES string of the molecule is c1ccc2cc(N(c3ccc4c(c3)oc3c5ccc(N(c6ccc7ccccc7c6)c6cccc7ccccc67)cc5sc43)c3cccc4ccccc34)ccc2c1. The molecule has 0 saturated heterocycles. The van der Waals surface area contributed by atoms with E-state index in [0.717, 1.165) is 56.1 Å². The van der Waals surface area contributed by atoms with Crippen molar-refractivity contribution >= 4 is 120 Å². The van der Waals surface area contributed by atoms with Crippen LogP contribution in [0.15, 0.2) is 211 Å². The molecule has 0 unspecified atom stereocenters. The number of hydrogen-bond acceptors (Lipinski definition) is 4. The highest BCUT2D eigenvalue weighted by Gasteiger charge is 2.22. The first-order chi connectivity index (χ1) is 28.7. The number of benzene rings is 10. The average Bonchev–Trinajstić information content (AvgIpc) is 3.82. The van der Waals surface area contributed by atoms with Crippen LogP contribution in [0.1, 0.15) is 0 Å². The van der Waals surface area contributed by atoms with E-state index in [1.54, 1.807) is 11.3 Å². The van der Waals surface area contributed by atoms with Gasteiger partial charge in [0.25, 0.3) is 0 Å². The van der Waals surface area contributed by atoms with Crippen molar-refractivity contribution in [2.24, 2.45) is 0 Å². The number of thiophene rings is 1. The Bertz CT molecular complexity index is 3310. The predicted octanol–water partition coefficient (Wildman–Crippen LogP) is 16.4. The van der Waals surface area contributed by atoms with Gasteiger partial charge in [-0.25, -0.2) is 0 Å². The molecule has 0 amide bonds. The van der Waals surface area contributed by atoms with E-state index < -0.39 is 0 Å². The molecule has 0 bridgehead atoms. The van der Waals surface area contributed by atoms with E-state index in [1.807, 2.05) is 0 Å². The first-order valence-electron chi connectivity index (χ1n) is 19.7. The Morgan fingerprint density at radius 1 is 0.328 bits per heavy atom. The van der Waals surface area contributed by atoms with Crippen LogP contribution in [0.2, 0.25) is 0 Å². The molecule has 0 radical (unpaired) electrons. The van der Waals surface area contributed by atoms with E-state index in [9.17, 15) is 0 Å². The smallest absolute Gasteiger partial charge is 0.154 e. The summed E-state index contributed by atoms with van der Waals surface area (Å²) in [5, 5.41) is 11.9. The molecule has 0 aliphatic rings. The van der Waals surface area contributed by atoms with Crippen molar-refractivity contribution in [3.63, 3.8) is 0 Å². The predicted molar refractivity (Wildman–Crippen MR) is 248 cm³/mol. The zero-order valence-corrected chi connectivity index (χ0v) is 32.2. The Hall–Kier alpha value is -7.40. The molecule has 2 heterocycles. The van der Waals surface area contributed by atoms with E-state index in [1.165, 1.54) is 52.5 Å². The second-order valence-electron chi connectivity index (χ2n) is 15.0. The van der Waals surface area contributed by atoms with Gasteiger partial charge in [0, 0.05) is 55.1 Å². The number of fused-ring (bicyclic) bond motifs is 9. The van der Waals surface area contributed by atoms with Crippen molar-refractivity contribution in [3.05, 3.63) is 206 Å². The standard InChI is InChI=1S/C54H34N2OS/c1-3-15-39-31-41(25-23-35(39)11-1)55(49-21-9-17-37-13-5-7-19-45(37)49)43-27-29-47-51(33-43)57-53-48-30-28-44(34-52(48)58-54(47)53)56(42-26-24-36-12-2-4-16-40(36)32-42)50-22-10-18-38-14-6-8-20-46(38)50/h1-34H. The molecule has 0 atom stereocenters. The number of rotatable bonds is 6. The third-order valence-corrected chi connectivity index (χ3v) is 12.7. The Morgan fingerprint density at radius 3 is 1.36 bits per heavy atom. The summed E-state index contributed by atoms with van der Waals surface area (Å²) in [5.41, 5.74) is 8.46. The molecule has 10 aromatic carbocycles. The second kappa shape index (κ2) is 13.1. The fraction of sp³-hybridized carbons (Fsp3) is 0. The van der Waals surface area contributed by atoms with E-state index in [0.29, 0.717) is 0 Å². The van der Waals surface area contributed by atoms with E-state index in [2.05, 4.69) is 216 Å². The van der Waals surface area contributed by atoms with Gasteiger partial charge in [-0.2, -0.15) is 0 Å². The lowest BCUT2D eigenvalue weighted by atomic mass is 10.0. The van der Waals surface area contributed by atoms with E-state index >= 15 is 0 Å². The van der Waals surface area contributed by atoms with Gasteiger partial charge in [0.05, 0.1) is 16.1 Å². The summed E-state index contributed by atoms with van der Waals surface area (Å²) < 4.78 is 9.23. The maximum absolute atomic E-state index is 6.87. The third-order valence-electron chi connectivity index (χ3n) is 11.6. The molecule has 3 nitrogen and oxygen atoms in total. The highest BCUT2D eigenvalue weighted by Crippen LogP contribution is 2.47. The Balaban J connectivity index is 1.01. The largest absolute Gasteiger partial charge is 0.454 e. The van der Waals surface area contributed by atoms with Crippen molar-refractivity contribution in [1.29, 1.82) is 0 Å². The summed E-state index contributed by atoms with van der Waals surface area (Å²) in [6, 6.07) is 74.5. The fourth-order valence-electron chi connectivity index (χ4n) is 8.80. The van der Waals surface area contributed by atoms with E-state index in [4.69, 9.17) is 4.42 Å². The average molecular weight is 759 g/mol.